The molecule has 0 aromatic rings. The van der Waals surface area contributed by atoms with Gasteiger partial charge in [-0.2, -0.15) is 0 Å². The molecule has 0 saturated carbocycles. The van der Waals surface area contributed by atoms with Crippen LogP contribution in [0.1, 0.15) is 33.1 Å². The van der Waals surface area contributed by atoms with E-state index in [0.717, 1.165) is 39.0 Å². The molecular formula is C12H25N3O. The van der Waals surface area contributed by atoms with Crippen molar-refractivity contribution in [3.05, 3.63) is 0 Å². The van der Waals surface area contributed by atoms with Crippen LogP contribution in [0.25, 0.3) is 0 Å². The van der Waals surface area contributed by atoms with E-state index in [0.29, 0.717) is 6.04 Å². The summed E-state index contributed by atoms with van der Waals surface area (Å²) in [6, 6.07) is 0.639. The maximum Gasteiger partial charge on any atom is 0.319 e. The number of hydrogen-bond donors (Lipinski definition) is 1. The Balaban J connectivity index is 2.38. The molecule has 1 unspecified atom stereocenters. The molecule has 1 saturated heterocycles. The third-order valence-corrected chi connectivity index (χ3v) is 3.06. The number of rotatable bonds is 7. The van der Waals surface area contributed by atoms with Gasteiger partial charge in [0.15, 0.2) is 0 Å². The van der Waals surface area contributed by atoms with Crippen LogP contribution in [0.5, 0.6) is 0 Å². The highest BCUT2D eigenvalue weighted by molar-refractivity contribution is 5.76. The van der Waals surface area contributed by atoms with Gasteiger partial charge < -0.3 is 15.1 Å². The van der Waals surface area contributed by atoms with Crippen LogP contribution in [0.2, 0.25) is 0 Å². The van der Waals surface area contributed by atoms with Gasteiger partial charge in [-0.3, -0.25) is 0 Å². The van der Waals surface area contributed by atoms with Crippen molar-refractivity contribution in [2.24, 2.45) is 0 Å². The predicted molar refractivity (Wildman–Crippen MR) is 66.6 cm³/mol. The fourth-order valence-electron chi connectivity index (χ4n) is 2.09. The van der Waals surface area contributed by atoms with Gasteiger partial charge in [0.25, 0.3) is 0 Å². The SMILES string of the molecule is CCCNC(CCC)CN1CCN(C)C1=O. The fraction of sp³-hybridized carbons (Fsp3) is 0.917. The third-order valence-electron chi connectivity index (χ3n) is 3.06. The zero-order valence-electron chi connectivity index (χ0n) is 10.8. The van der Waals surface area contributed by atoms with Gasteiger partial charge in [-0.15, -0.1) is 0 Å². The van der Waals surface area contributed by atoms with Gasteiger partial charge in [0.2, 0.25) is 0 Å². The molecule has 0 spiro atoms. The second-order valence-electron chi connectivity index (χ2n) is 4.59. The summed E-state index contributed by atoms with van der Waals surface area (Å²) >= 11 is 0. The quantitative estimate of drug-likeness (QED) is 0.716. The highest BCUT2D eigenvalue weighted by atomic mass is 16.2. The molecule has 94 valence electrons. The lowest BCUT2D eigenvalue weighted by Crippen LogP contribution is -2.42. The number of amides is 2. The third kappa shape index (κ3) is 3.67. The Kier molecular flexibility index (Phi) is 5.60. The molecule has 1 N–H and O–H groups in total. The summed E-state index contributed by atoms with van der Waals surface area (Å²) in [5.74, 6) is 0. The van der Waals surface area contributed by atoms with Crippen molar-refractivity contribution in [2.75, 3.05) is 33.2 Å². The number of urea groups is 1. The first-order valence-electron chi connectivity index (χ1n) is 6.42. The van der Waals surface area contributed by atoms with Crippen LogP contribution in [0, 0.1) is 0 Å². The maximum absolute atomic E-state index is 11.7. The van der Waals surface area contributed by atoms with Crippen LogP contribution in [0.15, 0.2) is 0 Å². The molecule has 1 atom stereocenters. The molecule has 1 aliphatic heterocycles. The van der Waals surface area contributed by atoms with Crippen LogP contribution >= 0.6 is 0 Å². The lowest BCUT2D eigenvalue weighted by molar-refractivity contribution is 0.193. The van der Waals surface area contributed by atoms with Crippen LogP contribution in [-0.2, 0) is 0 Å². The summed E-state index contributed by atoms with van der Waals surface area (Å²) in [5.41, 5.74) is 0. The van der Waals surface area contributed by atoms with E-state index in [4.69, 9.17) is 0 Å². The van der Waals surface area contributed by atoms with Crippen LogP contribution in [-0.4, -0.2) is 55.1 Å². The molecule has 1 heterocycles. The predicted octanol–water partition coefficient (Wildman–Crippen LogP) is 1.52. The van der Waals surface area contributed by atoms with E-state index in [1.54, 1.807) is 4.90 Å². The Bertz CT molecular complexity index is 220. The first-order chi connectivity index (χ1) is 7.69. The molecule has 0 bridgehead atoms. The lowest BCUT2D eigenvalue weighted by atomic mass is 10.1. The van der Waals surface area contributed by atoms with E-state index >= 15 is 0 Å². The Morgan fingerprint density at radius 2 is 2.06 bits per heavy atom. The Morgan fingerprint density at radius 1 is 1.31 bits per heavy atom. The van der Waals surface area contributed by atoms with Crippen molar-refractivity contribution in [3.8, 4) is 0 Å². The zero-order chi connectivity index (χ0) is 12.0. The van der Waals surface area contributed by atoms with E-state index in [9.17, 15) is 4.79 Å². The summed E-state index contributed by atoms with van der Waals surface area (Å²) in [7, 11) is 1.87. The topological polar surface area (TPSA) is 35.6 Å². The molecule has 0 aromatic carbocycles. The summed E-state index contributed by atoms with van der Waals surface area (Å²) in [6.07, 6.45) is 3.46. The molecule has 1 aliphatic rings. The molecule has 0 aromatic heterocycles. The van der Waals surface area contributed by atoms with Crippen LogP contribution in [0.3, 0.4) is 0 Å². The largest absolute Gasteiger partial charge is 0.326 e. The van der Waals surface area contributed by atoms with Crippen molar-refractivity contribution in [2.45, 2.75) is 39.2 Å². The molecule has 0 radical (unpaired) electrons. The van der Waals surface area contributed by atoms with Crippen LogP contribution < -0.4 is 5.32 Å². The van der Waals surface area contributed by atoms with Gasteiger partial charge in [-0.1, -0.05) is 20.3 Å². The van der Waals surface area contributed by atoms with Crippen molar-refractivity contribution in [3.63, 3.8) is 0 Å². The van der Waals surface area contributed by atoms with Crippen molar-refractivity contribution in [1.29, 1.82) is 0 Å². The van der Waals surface area contributed by atoms with Crippen LogP contribution in [0.4, 0.5) is 4.79 Å². The molecule has 0 aliphatic carbocycles. The number of likely N-dealkylation sites (N-methyl/N-ethyl adjacent to an activating group) is 1. The monoisotopic (exact) mass is 227 g/mol. The molecule has 1 fully saturated rings. The molecule has 16 heavy (non-hydrogen) atoms. The molecule has 4 nitrogen and oxygen atoms in total. The lowest BCUT2D eigenvalue weighted by Gasteiger charge is -2.24. The molecule has 2 amide bonds. The van der Waals surface area contributed by atoms with Crippen molar-refractivity contribution < 1.29 is 4.79 Å². The van der Waals surface area contributed by atoms with Gasteiger partial charge in [0.05, 0.1) is 0 Å². The van der Waals surface area contributed by atoms with E-state index < -0.39 is 0 Å². The van der Waals surface area contributed by atoms with E-state index in [2.05, 4.69) is 19.2 Å². The summed E-state index contributed by atoms with van der Waals surface area (Å²) in [5, 5.41) is 3.52. The van der Waals surface area contributed by atoms with E-state index in [-0.39, 0.29) is 6.03 Å². The minimum Gasteiger partial charge on any atom is -0.326 e. The number of nitrogens with one attached hydrogen (secondary N) is 1. The molecular weight excluding hydrogens is 202 g/mol. The van der Waals surface area contributed by atoms with Crippen molar-refractivity contribution in [1.82, 2.24) is 15.1 Å². The van der Waals surface area contributed by atoms with Gasteiger partial charge in [-0.25, -0.2) is 4.79 Å². The first kappa shape index (κ1) is 13.3. The number of carbonyl (C=O) groups excluding carboxylic acids is 1. The second-order valence-corrected chi connectivity index (χ2v) is 4.59. The van der Waals surface area contributed by atoms with Gasteiger partial charge in [0, 0.05) is 32.7 Å². The average Bonchev–Trinajstić information content (AvgIpc) is 2.58. The maximum atomic E-state index is 11.7. The highest BCUT2D eigenvalue weighted by Crippen LogP contribution is 2.08. The summed E-state index contributed by atoms with van der Waals surface area (Å²) < 4.78 is 0. The summed E-state index contributed by atoms with van der Waals surface area (Å²) in [6.45, 7) is 8.01. The molecule has 4 heteroatoms. The normalized spacial score (nSPS) is 18.3. The number of carbonyl (C=O) groups is 1. The standard InChI is InChI=1S/C12H25N3O/c1-4-6-11(13-7-5-2)10-15-9-8-14(3)12(15)16/h11,13H,4-10H2,1-3H3. The highest BCUT2D eigenvalue weighted by Gasteiger charge is 2.26. The van der Waals surface area contributed by atoms with Gasteiger partial charge in [0.1, 0.15) is 0 Å². The Morgan fingerprint density at radius 3 is 2.56 bits per heavy atom. The Hall–Kier alpha value is -0.770. The zero-order valence-corrected chi connectivity index (χ0v) is 10.8. The second kappa shape index (κ2) is 6.74. The van der Waals surface area contributed by atoms with E-state index in [1.807, 2.05) is 11.9 Å². The van der Waals surface area contributed by atoms with E-state index in [1.165, 1.54) is 6.42 Å². The molecule has 1 rings (SSSR count). The average molecular weight is 227 g/mol. The van der Waals surface area contributed by atoms with Gasteiger partial charge >= 0.3 is 6.03 Å². The number of hydrogen-bond acceptors (Lipinski definition) is 2. The fourth-order valence-corrected chi connectivity index (χ4v) is 2.09. The smallest absolute Gasteiger partial charge is 0.319 e. The van der Waals surface area contributed by atoms with Crippen molar-refractivity contribution >= 4 is 6.03 Å². The minimum absolute atomic E-state index is 0.180. The van der Waals surface area contributed by atoms with Gasteiger partial charge in [-0.05, 0) is 19.4 Å². The number of nitrogens with zero attached hydrogens (tertiary/aromatic N) is 2. The summed E-state index contributed by atoms with van der Waals surface area (Å²) in [4.78, 5) is 15.5. The minimum atomic E-state index is 0.180. The Labute approximate surface area is 99.0 Å². The first-order valence-corrected chi connectivity index (χ1v) is 6.42.